The van der Waals surface area contributed by atoms with Crippen LogP contribution in [-0.2, 0) is 0 Å². The van der Waals surface area contributed by atoms with Crippen LogP contribution in [0.1, 0.15) is 37.4 Å². The molecule has 1 aromatic heterocycles. The Balaban J connectivity index is 2.78. The monoisotopic (exact) mass is 193 g/mol. The Morgan fingerprint density at radius 2 is 2.29 bits per heavy atom. The van der Waals surface area contributed by atoms with Crippen LogP contribution in [0.15, 0.2) is 12.3 Å². The number of pyridine rings is 1. The van der Waals surface area contributed by atoms with Gasteiger partial charge in [0.25, 0.3) is 0 Å². The number of aromatic nitrogens is 1. The quantitative estimate of drug-likeness (QED) is 0.771. The summed E-state index contributed by atoms with van der Waals surface area (Å²) in [5.74, 6) is 0.939. The van der Waals surface area contributed by atoms with Gasteiger partial charge in [0.2, 0.25) is 0 Å². The van der Waals surface area contributed by atoms with Crippen molar-refractivity contribution in [2.75, 3.05) is 11.9 Å². The van der Waals surface area contributed by atoms with Gasteiger partial charge in [0.05, 0.1) is 0 Å². The smallest absolute Gasteiger partial charge is 0.126 e. The van der Waals surface area contributed by atoms with Crippen molar-refractivity contribution in [1.82, 2.24) is 4.98 Å². The molecule has 1 heterocycles. The van der Waals surface area contributed by atoms with Crippen molar-refractivity contribution in [3.63, 3.8) is 0 Å². The largest absolute Gasteiger partial charge is 0.370 e. The van der Waals surface area contributed by atoms with Crippen molar-refractivity contribution in [1.29, 1.82) is 0 Å². The zero-order valence-corrected chi connectivity index (χ0v) is 9.17. The molecule has 3 N–H and O–H groups in total. The number of nitrogens with two attached hydrogens (primary N) is 1. The topological polar surface area (TPSA) is 50.9 Å². The highest BCUT2D eigenvalue weighted by molar-refractivity contribution is 5.41. The molecule has 1 aromatic rings. The van der Waals surface area contributed by atoms with Crippen LogP contribution in [0.3, 0.4) is 0 Å². The number of anilines is 1. The molecule has 0 aliphatic heterocycles. The summed E-state index contributed by atoms with van der Waals surface area (Å²) in [5, 5.41) is 3.25. The summed E-state index contributed by atoms with van der Waals surface area (Å²) < 4.78 is 0. The third-order valence-electron chi connectivity index (χ3n) is 2.20. The number of hydrogen-bond donors (Lipinski definition) is 2. The first-order valence-corrected chi connectivity index (χ1v) is 5.11. The molecule has 0 aliphatic rings. The van der Waals surface area contributed by atoms with E-state index >= 15 is 0 Å². The van der Waals surface area contributed by atoms with E-state index in [1.165, 1.54) is 5.56 Å². The van der Waals surface area contributed by atoms with Crippen LogP contribution in [-0.4, -0.2) is 11.5 Å². The van der Waals surface area contributed by atoms with Gasteiger partial charge >= 0.3 is 0 Å². The van der Waals surface area contributed by atoms with E-state index in [2.05, 4.69) is 24.1 Å². The molecule has 1 atom stereocenters. The SMILES string of the molecule is CCCNc1cc(C)c([C@H](C)N)cn1. The number of aryl methyl sites for hydroxylation is 1. The van der Waals surface area contributed by atoms with E-state index in [1.807, 2.05) is 19.2 Å². The molecule has 14 heavy (non-hydrogen) atoms. The third-order valence-corrected chi connectivity index (χ3v) is 2.20. The predicted octanol–water partition coefficient (Wildman–Crippen LogP) is 2.23. The molecular weight excluding hydrogens is 174 g/mol. The van der Waals surface area contributed by atoms with Gasteiger partial charge in [-0.15, -0.1) is 0 Å². The van der Waals surface area contributed by atoms with Gasteiger partial charge in [-0.1, -0.05) is 6.92 Å². The van der Waals surface area contributed by atoms with Crippen LogP contribution in [0.5, 0.6) is 0 Å². The van der Waals surface area contributed by atoms with E-state index in [1.54, 1.807) is 0 Å². The number of hydrogen-bond acceptors (Lipinski definition) is 3. The van der Waals surface area contributed by atoms with Gasteiger partial charge < -0.3 is 11.1 Å². The van der Waals surface area contributed by atoms with Crippen molar-refractivity contribution in [3.05, 3.63) is 23.4 Å². The molecule has 0 aliphatic carbocycles. The average molecular weight is 193 g/mol. The lowest BCUT2D eigenvalue weighted by Gasteiger charge is -2.11. The molecule has 78 valence electrons. The molecule has 0 amide bonds. The Labute approximate surface area is 85.7 Å². The van der Waals surface area contributed by atoms with Crippen LogP contribution in [0.25, 0.3) is 0 Å². The molecule has 0 unspecified atom stereocenters. The first kappa shape index (κ1) is 11.0. The Morgan fingerprint density at radius 1 is 1.57 bits per heavy atom. The maximum atomic E-state index is 5.80. The Kier molecular flexibility index (Phi) is 3.89. The molecule has 1 rings (SSSR count). The van der Waals surface area contributed by atoms with Gasteiger partial charge in [-0.05, 0) is 37.5 Å². The fourth-order valence-corrected chi connectivity index (χ4v) is 1.39. The molecular formula is C11H19N3. The fraction of sp³-hybridized carbons (Fsp3) is 0.545. The first-order chi connectivity index (χ1) is 6.65. The van der Waals surface area contributed by atoms with Gasteiger partial charge in [0.1, 0.15) is 5.82 Å². The summed E-state index contributed by atoms with van der Waals surface area (Å²) in [6.45, 7) is 7.14. The second kappa shape index (κ2) is 4.96. The average Bonchev–Trinajstić information content (AvgIpc) is 2.14. The van der Waals surface area contributed by atoms with Gasteiger partial charge in [-0.3, -0.25) is 0 Å². The number of rotatable bonds is 4. The number of nitrogens with one attached hydrogen (secondary N) is 1. The van der Waals surface area contributed by atoms with Gasteiger partial charge in [-0.2, -0.15) is 0 Å². The van der Waals surface area contributed by atoms with Crippen molar-refractivity contribution in [2.24, 2.45) is 5.73 Å². The van der Waals surface area contributed by atoms with Gasteiger partial charge in [-0.25, -0.2) is 4.98 Å². The van der Waals surface area contributed by atoms with Crippen LogP contribution in [0.2, 0.25) is 0 Å². The minimum absolute atomic E-state index is 0.0581. The maximum absolute atomic E-state index is 5.80. The fourth-order valence-electron chi connectivity index (χ4n) is 1.39. The minimum atomic E-state index is 0.0581. The maximum Gasteiger partial charge on any atom is 0.126 e. The van der Waals surface area contributed by atoms with Crippen molar-refractivity contribution in [3.8, 4) is 0 Å². The van der Waals surface area contributed by atoms with Crippen LogP contribution in [0.4, 0.5) is 5.82 Å². The lowest BCUT2D eigenvalue weighted by Crippen LogP contribution is -2.09. The molecule has 0 fully saturated rings. The van der Waals surface area contributed by atoms with Crippen molar-refractivity contribution >= 4 is 5.82 Å². The standard InChI is InChI=1S/C11H19N3/c1-4-5-13-11-6-8(2)10(7-14-11)9(3)12/h6-7,9H,4-5,12H2,1-3H3,(H,13,14)/t9-/m0/s1. The highest BCUT2D eigenvalue weighted by Crippen LogP contribution is 2.16. The van der Waals surface area contributed by atoms with Gasteiger partial charge in [0, 0.05) is 18.8 Å². The molecule has 0 radical (unpaired) electrons. The van der Waals surface area contributed by atoms with Crippen LogP contribution < -0.4 is 11.1 Å². The summed E-state index contributed by atoms with van der Waals surface area (Å²) >= 11 is 0. The molecule has 0 spiro atoms. The summed E-state index contributed by atoms with van der Waals surface area (Å²) in [6, 6.07) is 2.11. The summed E-state index contributed by atoms with van der Waals surface area (Å²) in [7, 11) is 0. The second-order valence-corrected chi connectivity index (χ2v) is 3.64. The Bertz CT molecular complexity index is 295. The first-order valence-electron chi connectivity index (χ1n) is 5.11. The molecule has 3 nitrogen and oxygen atoms in total. The van der Waals surface area contributed by atoms with Crippen LogP contribution in [0, 0.1) is 6.92 Å². The molecule has 0 bridgehead atoms. The molecule has 0 saturated heterocycles. The van der Waals surface area contributed by atoms with E-state index < -0.39 is 0 Å². The van der Waals surface area contributed by atoms with Crippen molar-refractivity contribution < 1.29 is 0 Å². The van der Waals surface area contributed by atoms with Crippen LogP contribution >= 0.6 is 0 Å². The van der Waals surface area contributed by atoms with E-state index in [9.17, 15) is 0 Å². The highest BCUT2D eigenvalue weighted by atomic mass is 15.0. The Hall–Kier alpha value is -1.09. The lowest BCUT2D eigenvalue weighted by molar-refractivity contribution is 0.802. The minimum Gasteiger partial charge on any atom is -0.370 e. The normalized spacial score (nSPS) is 12.6. The van der Waals surface area contributed by atoms with E-state index in [-0.39, 0.29) is 6.04 Å². The zero-order chi connectivity index (χ0) is 10.6. The predicted molar refractivity (Wildman–Crippen MR) is 60.4 cm³/mol. The molecule has 3 heteroatoms. The third kappa shape index (κ3) is 2.70. The van der Waals surface area contributed by atoms with E-state index in [0.717, 1.165) is 24.3 Å². The second-order valence-electron chi connectivity index (χ2n) is 3.64. The van der Waals surface area contributed by atoms with E-state index in [4.69, 9.17) is 5.73 Å². The number of nitrogens with zero attached hydrogens (tertiary/aromatic N) is 1. The van der Waals surface area contributed by atoms with Gasteiger partial charge in [0.15, 0.2) is 0 Å². The Morgan fingerprint density at radius 3 is 2.79 bits per heavy atom. The summed E-state index contributed by atoms with van der Waals surface area (Å²) in [6.07, 6.45) is 2.97. The lowest BCUT2D eigenvalue weighted by atomic mass is 10.1. The molecule has 0 saturated carbocycles. The van der Waals surface area contributed by atoms with Crippen molar-refractivity contribution in [2.45, 2.75) is 33.2 Å². The van der Waals surface area contributed by atoms with E-state index in [0.29, 0.717) is 0 Å². The highest BCUT2D eigenvalue weighted by Gasteiger charge is 2.04. The zero-order valence-electron chi connectivity index (χ0n) is 9.17. The molecule has 0 aromatic carbocycles. The summed E-state index contributed by atoms with van der Waals surface area (Å²) in [5.41, 5.74) is 8.12. The summed E-state index contributed by atoms with van der Waals surface area (Å²) in [4.78, 5) is 4.31.